The summed E-state index contributed by atoms with van der Waals surface area (Å²) in [4.78, 5) is 11.9. The molecule has 0 aliphatic rings. The average molecular weight is 313 g/mol. The van der Waals surface area contributed by atoms with Gasteiger partial charge < -0.3 is 15.7 Å². The lowest BCUT2D eigenvalue weighted by Gasteiger charge is -2.21. The molecule has 0 spiro atoms. The van der Waals surface area contributed by atoms with E-state index in [0.717, 1.165) is 0 Å². The van der Waals surface area contributed by atoms with Crippen molar-refractivity contribution in [3.63, 3.8) is 0 Å². The van der Waals surface area contributed by atoms with E-state index >= 15 is 0 Å². The largest absolute Gasteiger partial charge is 0.386 e. The third-order valence-electron chi connectivity index (χ3n) is 3.32. The predicted molar refractivity (Wildman–Crippen MR) is 84.1 cm³/mol. The number of nitrogens with zero attached hydrogens (tertiary/aromatic N) is 1. The SMILES string of the molecule is C[C@@H](NC(=O)Nc1ccc(C#N)cc1)[C@@H](O)c1ccc(F)cc1. The summed E-state index contributed by atoms with van der Waals surface area (Å²) in [5.74, 6) is -0.389. The van der Waals surface area contributed by atoms with Gasteiger partial charge >= 0.3 is 6.03 Å². The number of carbonyl (C=O) groups excluding carboxylic acids is 1. The van der Waals surface area contributed by atoms with E-state index in [4.69, 9.17) is 5.26 Å². The van der Waals surface area contributed by atoms with Crippen molar-refractivity contribution in [1.82, 2.24) is 5.32 Å². The first-order valence-electron chi connectivity index (χ1n) is 7.01. The quantitative estimate of drug-likeness (QED) is 0.811. The average Bonchev–Trinajstić information content (AvgIpc) is 2.55. The van der Waals surface area contributed by atoms with Gasteiger partial charge in [-0.15, -0.1) is 0 Å². The zero-order valence-corrected chi connectivity index (χ0v) is 12.5. The number of urea groups is 1. The van der Waals surface area contributed by atoms with Crippen LogP contribution in [0.4, 0.5) is 14.9 Å². The Kier molecular flexibility index (Phi) is 5.28. The molecule has 3 N–H and O–H groups in total. The van der Waals surface area contributed by atoms with E-state index in [2.05, 4.69) is 10.6 Å². The number of aliphatic hydroxyl groups excluding tert-OH is 1. The maximum absolute atomic E-state index is 12.9. The number of anilines is 1. The Hall–Kier alpha value is -2.91. The van der Waals surface area contributed by atoms with Crippen molar-refractivity contribution in [2.24, 2.45) is 0 Å². The summed E-state index contributed by atoms with van der Waals surface area (Å²) in [6.45, 7) is 1.65. The fourth-order valence-electron chi connectivity index (χ4n) is 2.03. The molecule has 2 rings (SSSR count). The summed E-state index contributed by atoms with van der Waals surface area (Å²) in [5.41, 5.74) is 1.54. The number of hydrogen-bond acceptors (Lipinski definition) is 3. The molecule has 0 heterocycles. The maximum atomic E-state index is 12.9. The maximum Gasteiger partial charge on any atom is 0.319 e. The Labute approximate surface area is 133 Å². The lowest BCUT2D eigenvalue weighted by Crippen LogP contribution is -2.39. The van der Waals surface area contributed by atoms with Gasteiger partial charge in [0.05, 0.1) is 23.8 Å². The van der Waals surface area contributed by atoms with E-state index in [1.54, 1.807) is 31.2 Å². The molecule has 0 radical (unpaired) electrons. The van der Waals surface area contributed by atoms with E-state index in [0.29, 0.717) is 16.8 Å². The van der Waals surface area contributed by atoms with Gasteiger partial charge in [-0.3, -0.25) is 0 Å². The van der Waals surface area contributed by atoms with Gasteiger partial charge in [0, 0.05) is 5.69 Å². The lowest BCUT2D eigenvalue weighted by molar-refractivity contribution is 0.139. The van der Waals surface area contributed by atoms with Gasteiger partial charge in [0.15, 0.2) is 0 Å². The van der Waals surface area contributed by atoms with Crippen molar-refractivity contribution in [3.05, 3.63) is 65.5 Å². The minimum atomic E-state index is -0.956. The Morgan fingerprint density at radius 2 is 1.78 bits per heavy atom. The second-order valence-corrected chi connectivity index (χ2v) is 5.07. The van der Waals surface area contributed by atoms with E-state index < -0.39 is 18.2 Å². The number of carbonyl (C=O) groups is 1. The van der Waals surface area contributed by atoms with Crippen LogP contribution in [0.3, 0.4) is 0 Å². The van der Waals surface area contributed by atoms with E-state index in [1.807, 2.05) is 6.07 Å². The van der Waals surface area contributed by atoms with Crippen molar-refractivity contribution in [3.8, 4) is 6.07 Å². The van der Waals surface area contributed by atoms with Crippen molar-refractivity contribution in [2.75, 3.05) is 5.32 Å². The standard InChI is InChI=1S/C17H16FN3O2/c1-11(16(22)13-4-6-14(18)7-5-13)20-17(23)21-15-8-2-12(10-19)3-9-15/h2-9,11,16,22H,1H3,(H2,20,21,23)/t11-,16-/m1/s1. The zero-order valence-electron chi connectivity index (χ0n) is 12.5. The number of rotatable bonds is 4. The molecule has 2 aromatic carbocycles. The molecule has 0 bridgehead atoms. The molecular weight excluding hydrogens is 297 g/mol. The molecule has 0 unspecified atom stereocenters. The van der Waals surface area contributed by atoms with Crippen LogP contribution in [0.2, 0.25) is 0 Å². The van der Waals surface area contributed by atoms with Crippen molar-refractivity contribution < 1.29 is 14.3 Å². The molecule has 118 valence electrons. The molecule has 23 heavy (non-hydrogen) atoms. The highest BCUT2D eigenvalue weighted by Crippen LogP contribution is 2.17. The molecule has 0 aliphatic heterocycles. The van der Waals surface area contributed by atoms with E-state index in [9.17, 15) is 14.3 Å². The fourth-order valence-corrected chi connectivity index (χ4v) is 2.03. The van der Waals surface area contributed by atoms with E-state index in [-0.39, 0.29) is 5.82 Å². The highest BCUT2D eigenvalue weighted by Gasteiger charge is 2.18. The summed E-state index contributed by atoms with van der Waals surface area (Å²) in [7, 11) is 0. The number of nitriles is 1. The first kappa shape index (κ1) is 16.5. The molecule has 0 saturated carbocycles. The van der Waals surface area contributed by atoms with Crippen LogP contribution in [0.15, 0.2) is 48.5 Å². The summed E-state index contributed by atoms with van der Waals surface area (Å²) < 4.78 is 12.9. The topological polar surface area (TPSA) is 85.2 Å². The molecule has 6 heteroatoms. The Morgan fingerprint density at radius 3 is 2.35 bits per heavy atom. The number of aliphatic hydroxyl groups is 1. The zero-order chi connectivity index (χ0) is 16.8. The van der Waals surface area contributed by atoms with Crippen LogP contribution in [0, 0.1) is 17.1 Å². The Morgan fingerprint density at radius 1 is 1.17 bits per heavy atom. The molecule has 2 atom stereocenters. The minimum Gasteiger partial charge on any atom is -0.386 e. The van der Waals surface area contributed by atoms with E-state index in [1.165, 1.54) is 24.3 Å². The number of nitrogens with one attached hydrogen (secondary N) is 2. The summed E-state index contributed by atoms with van der Waals surface area (Å²) in [6.07, 6.45) is -0.956. The minimum absolute atomic E-state index is 0.389. The first-order valence-corrected chi connectivity index (χ1v) is 7.01. The summed E-state index contributed by atoms with van der Waals surface area (Å²) in [6, 6.07) is 12.8. The lowest BCUT2D eigenvalue weighted by atomic mass is 10.0. The van der Waals surface area contributed by atoms with Crippen LogP contribution in [0.25, 0.3) is 0 Å². The summed E-state index contributed by atoms with van der Waals surface area (Å²) >= 11 is 0. The van der Waals surface area contributed by atoms with Gasteiger partial charge in [0.1, 0.15) is 5.82 Å². The first-order chi connectivity index (χ1) is 11.0. The van der Waals surface area contributed by atoms with Crippen LogP contribution in [-0.4, -0.2) is 17.2 Å². The molecular formula is C17H16FN3O2. The summed E-state index contributed by atoms with van der Waals surface area (Å²) in [5, 5.41) is 24.1. The smallest absolute Gasteiger partial charge is 0.319 e. The Balaban J connectivity index is 1.93. The van der Waals surface area contributed by atoms with Gasteiger partial charge in [-0.25, -0.2) is 9.18 Å². The predicted octanol–water partition coefficient (Wildman–Crippen LogP) is 2.94. The number of amides is 2. The van der Waals surface area contributed by atoms with Gasteiger partial charge in [0.25, 0.3) is 0 Å². The van der Waals surface area contributed by atoms with Gasteiger partial charge in [-0.1, -0.05) is 12.1 Å². The van der Waals surface area contributed by atoms with Gasteiger partial charge in [-0.05, 0) is 48.9 Å². The highest BCUT2D eigenvalue weighted by atomic mass is 19.1. The normalized spacial score (nSPS) is 12.8. The third kappa shape index (κ3) is 4.53. The second kappa shape index (κ2) is 7.38. The number of halogens is 1. The second-order valence-electron chi connectivity index (χ2n) is 5.07. The molecule has 0 fully saturated rings. The molecule has 0 saturated heterocycles. The van der Waals surface area contributed by atoms with Gasteiger partial charge in [-0.2, -0.15) is 5.26 Å². The van der Waals surface area contributed by atoms with Crippen molar-refractivity contribution in [1.29, 1.82) is 5.26 Å². The Bertz CT molecular complexity index is 708. The van der Waals surface area contributed by atoms with Crippen LogP contribution >= 0.6 is 0 Å². The van der Waals surface area contributed by atoms with Crippen LogP contribution < -0.4 is 10.6 Å². The molecule has 0 aliphatic carbocycles. The molecule has 2 amide bonds. The van der Waals surface area contributed by atoms with Crippen LogP contribution in [0.1, 0.15) is 24.2 Å². The molecule has 0 aromatic heterocycles. The highest BCUT2D eigenvalue weighted by molar-refractivity contribution is 5.89. The monoisotopic (exact) mass is 313 g/mol. The van der Waals surface area contributed by atoms with Crippen LogP contribution in [-0.2, 0) is 0 Å². The molecule has 2 aromatic rings. The third-order valence-corrected chi connectivity index (χ3v) is 3.32. The van der Waals surface area contributed by atoms with Crippen molar-refractivity contribution in [2.45, 2.75) is 19.1 Å². The van der Waals surface area contributed by atoms with Crippen LogP contribution in [0.5, 0.6) is 0 Å². The number of hydrogen-bond donors (Lipinski definition) is 3. The van der Waals surface area contributed by atoms with Crippen molar-refractivity contribution >= 4 is 11.7 Å². The molecule has 5 nitrogen and oxygen atoms in total. The fraction of sp³-hybridized carbons (Fsp3) is 0.176. The number of benzene rings is 2. The van der Waals surface area contributed by atoms with Gasteiger partial charge in [0.2, 0.25) is 0 Å².